The maximum atomic E-state index is 12.3. The summed E-state index contributed by atoms with van der Waals surface area (Å²) < 4.78 is 33.2. The summed E-state index contributed by atoms with van der Waals surface area (Å²) in [7, 11) is -4.27. The second-order valence-corrected chi connectivity index (χ2v) is 6.55. The van der Waals surface area contributed by atoms with Crippen LogP contribution >= 0.6 is 0 Å². The third kappa shape index (κ3) is 4.54. The van der Waals surface area contributed by atoms with Gasteiger partial charge in [-0.2, -0.15) is 12.8 Å². The van der Waals surface area contributed by atoms with Crippen molar-refractivity contribution < 1.29 is 23.2 Å². The van der Waals surface area contributed by atoms with Crippen LogP contribution in [-0.2, 0) is 14.8 Å². The zero-order valence-electron chi connectivity index (χ0n) is 13.3. The molecule has 8 nitrogen and oxygen atoms in total. The van der Waals surface area contributed by atoms with Crippen LogP contribution in [0.3, 0.4) is 0 Å². The molecule has 1 aromatic rings. The second-order valence-electron chi connectivity index (χ2n) is 4.97. The van der Waals surface area contributed by atoms with Crippen molar-refractivity contribution in [3.63, 3.8) is 0 Å². The number of allylic oxidation sites excluding steroid dienone is 5. The van der Waals surface area contributed by atoms with E-state index in [4.69, 9.17) is 4.74 Å². The Labute approximate surface area is 144 Å². The van der Waals surface area contributed by atoms with Gasteiger partial charge in [0.1, 0.15) is 0 Å². The summed E-state index contributed by atoms with van der Waals surface area (Å²) in [5.41, 5.74) is -0.244. The zero-order chi connectivity index (χ0) is 18.4. The van der Waals surface area contributed by atoms with Gasteiger partial charge >= 0.3 is 0 Å². The van der Waals surface area contributed by atoms with Crippen LogP contribution in [0.15, 0.2) is 69.4 Å². The lowest BCUT2D eigenvalue weighted by Crippen LogP contribution is -2.12. The normalized spacial score (nSPS) is 13.6. The van der Waals surface area contributed by atoms with Crippen molar-refractivity contribution in [2.24, 2.45) is 4.40 Å². The second kappa shape index (κ2) is 7.75. The molecule has 0 saturated heterocycles. The first-order valence-corrected chi connectivity index (χ1v) is 8.78. The fourth-order valence-corrected chi connectivity index (χ4v) is 3.11. The summed E-state index contributed by atoms with van der Waals surface area (Å²) in [6.45, 7) is 2.15. The number of para-hydroxylation sites is 1. The first-order chi connectivity index (χ1) is 11.8. The van der Waals surface area contributed by atoms with E-state index in [2.05, 4.69) is 4.40 Å². The molecule has 0 aliphatic heterocycles. The standard InChI is InChI=1S/C16H16N2O6S/c1-2-11-24-16(19)12-7-9-13(10-8-12)17-25(22,23)15-6-4-3-5-14(15)18(20)21/h3-10,19H,2,11H2,1H3/p-1. The maximum Gasteiger partial charge on any atom is 0.289 e. The number of nitrogens with zero attached hydrogens (tertiary/aromatic N) is 2. The molecule has 0 unspecified atom stereocenters. The Balaban J connectivity index is 2.31. The first kappa shape index (κ1) is 18.4. The minimum Gasteiger partial charge on any atom is -0.613 e. The molecule has 0 radical (unpaired) electrons. The summed E-state index contributed by atoms with van der Waals surface area (Å²) in [6, 6.07) is 4.96. The van der Waals surface area contributed by atoms with Crippen LogP contribution in [0.4, 0.5) is 5.69 Å². The van der Waals surface area contributed by atoms with Gasteiger partial charge in [-0.05, 0) is 36.8 Å². The van der Waals surface area contributed by atoms with E-state index in [1.807, 2.05) is 6.92 Å². The number of sulfonamides is 1. The van der Waals surface area contributed by atoms with Crippen LogP contribution in [0.1, 0.15) is 13.3 Å². The molecule has 132 valence electrons. The van der Waals surface area contributed by atoms with Crippen LogP contribution < -0.4 is 5.11 Å². The highest BCUT2D eigenvalue weighted by Gasteiger charge is 2.24. The van der Waals surface area contributed by atoms with Gasteiger partial charge in [-0.15, -0.1) is 0 Å². The minimum absolute atomic E-state index is 0.0465. The largest absolute Gasteiger partial charge is 0.613 e. The van der Waals surface area contributed by atoms with Gasteiger partial charge in [0.15, 0.2) is 4.90 Å². The highest BCUT2D eigenvalue weighted by atomic mass is 32.2. The van der Waals surface area contributed by atoms with E-state index in [-0.39, 0.29) is 17.9 Å². The van der Waals surface area contributed by atoms with Crippen LogP contribution in [0.2, 0.25) is 0 Å². The topological polar surface area (TPSA) is 122 Å². The molecule has 9 heteroatoms. The van der Waals surface area contributed by atoms with Crippen molar-refractivity contribution in [3.05, 3.63) is 70.2 Å². The molecule has 0 N–H and O–H groups in total. The molecule has 0 aromatic heterocycles. The van der Waals surface area contributed by atoms with E-state index >= 15 is 0 Å². The van der Waals surface area contributed by atoms with Crippen LogP contribution in [-0.4, -0.2) is 25.7 Å². The Morgan fingerprint density at radius 3 is 2.44 bits per heavy atom. The number of nitro groups is 1. The van der Waals surface area contributed by atoms with Crippen molar-refractivity contribution in [2.45, 2.75) is 18.2 Å². The highest BCUT2D eigenvalue weighted by Crippen LogP contribution is 2.25. The summed E-state index contributed by atoms with van der Waals surface area (Å²) >= 11 is 0. The number of hydrogen-bond acceptors (Lipinski definition) is 6. The van der Waals surface area contributed by atoms with E-state index in [9.17, 15) is 23.6 Å². The fraction of sp³-hybridized carbons (Fsp3) is 0.188. The Hall–Kier alpha value is -2.94. The SMILES string of the molecule is CCCOC([O-])=C1C=CC(=NS(=O)(=O)c2ccccc2[N+](=O)[O-])C=C1. The zero-order valence-corrected chi connectivity index (χ0v) is 14.1. The van der Waals surface area contributed by atoms with Gasteiger partial charge in [0.25, 0.3) is 15.7 Å². The van der Waals surface area contributed by atoms with Crippen molar-refractivity contribution in [1.29, 1.82) is 0 Å². The first-order valence-electron chi connectivity index (χ1n) is 7.34. The molecule has 0 saturated carbocycles. The van der Waals surface area contributed by atoms with Crippen molar-refractivity contribution in [2.75, 3.05) is 6.61 Å². The maximum absolute atomic E-state index is 12.3. The average molecular weight is 363 g/mol. The van der Waals surface area contributed by atoms with E-state index in [1.54, 1.807) is 0 Å². The summed E-state index contributed by atoms with van der Waals surface area (Å²) in [4.78, 5) is 9.70. The Morgan fingerprint density at radius 1 is 1.20 bits per heavy atom. The lowest BCUT2D eigenvalue weighted by atomic mass is 10.1. The Morgan fingerprint density at radius 2 is 1.84 bits per heavy atom. The summed E-state index contributed by atoms with van der Waals surface area (Å²) in [5, 5.41) is 22.7. The molecule has 0 bridgehead atoms. The molecular formula is C16H15N2O6S-. The molecule has 1 aliphatic carbocycles. The summed E-state index contributed by atoms with van der Waals surface area (Å²) in [5.74, 6) is -0.519. The Bertz CT molecular complexity index is 879. The third-order valence-electron chi connectivity index (χ3n) is 3.11. The molecule has 0 spiro atoms. The molecule has 0 atom stereocenters. The quantitative estimate of drug-likeness (QED) is 0.432. The smallest absolute Gasteiger partial charge is 0.289 e. The van der Waals surface area contributed by atoms with E-state index in [0.717, 1.165) is 12.1 Å². The average Bonchev–Trinajstić information content (AvgIpc) is 2.60. The third-order valence-corrected chi connectivity index (χ3v) is 4.46. The van der Waals surface area contributed by atoms with Crippen LogP contribution in [0.5, 0.6) is 0 Å². The molecule has 1 aromatic carbocycles. The predicted octanol–water partition coefficient (Wildman–Crippen LogP) is 1.85. The molecule has 2 rings (SSSR count). The van der Waals surface area contributed by atoms with Gasteiger partial charge in [-0.1, -0.05) is 31.2 Å². The van der Waals surface area contributed by atoms with E-state index in [0.29, 0.717) is 6.42 Å². The van der Waals surface area contributed by atoms with Gasteiger partial charge in [-0.25, -0.2) is 0 Å². The number of ether oxygens (including phenoxy) is 1. The molecule has 1 aliphatic rings. The van der Waals surface area contributed by atoms with Crippen LogP contribution in [0, 0.1) is 10.1 Å². The van der Waals surface area contributed by atoms with Gasteiger partial charge in [0.05, 0.1) is 16.6 Å². The predicted molar refractivity (Wildman–Crippen MR) is 89.3 cm³/mol. The molecule has 0 amide bonds. The van der Waals surface area contributed by atoms with E-state index in [1.165, 1.54) is 36.4 Å². The van der Waals surface area contributed by atoms with Crippen molar-refractivity contribution in [1.82, 2.24) is 0 Å². The molecule has 0 fully saturated rings. The number of hydrogen-bond donors (Lipinski definition) is 0. The van der Waals surface area contributed by atoms with Gasteiger partial charge in [-0.3, -0.25) is 10.1 Å². The lowest BCUT2D eigenvalue weighted by Gasteiger charge is -2.17. The van der Waals surface area contributed by atoms with Crippen molar-refractivity contribution in [3.8, 4) is 0 Å². The van der Waals surface area contributed by atoms with Gasteiger partial charge in [0.2, 0.25) is 0 Å². The molecule has 0 heterocycles. The van der Waals surface area contributed by atoms with Crippen LogP contribution in [0.25, 0.3) is 0 Å². The van der Waals surface area contributed by atoms with Gasteiger partial charge in [0, 0.05) is 6.07 Å². The van der Waals surface area contributed by atoms with Crippen molar-refractivity contribution >= 4 is 21.4 Å². The fourth-order valence-electron chi connectivity index (χ4n) is 1.95. The van der Waals surface area contributed by atoms with Gasteiger partial charge < -0.3 is 9.84 Å². The molecular weight excluding hydrogens is 348 g/mol. The van der Waals surface area contributed by atoms with E-state index < -0.39 is 31.5 Å². The Kier molecular flexibility index (Phi) is 5.71. The lowest BCUT2D eigenvalue weighted by molar-refractivity contribution is -0.387. The molecule has 25 heavy (non-hydrogen) atoms. The minimum atomic E-state index is -4.27. The number of rotatable bonds is 6. The number of nitro benzene ring substituents is 1. The highest BCUT2D eigenvalue weighted by molar-refractivity contribution is 7.90. The number of benzene rings is 1. The summed E-state index contributed by atoms with van der Waals surface area (Å²) in [6.07, 6.45) is 6.11. The monoisotopic (exact) mass is 363 g/mol.